The van der Waals surface area contributed by atoms with Crippen molar-refractivity contribution in [3.8, 4) is 0 Å². The summed E-state index contributed by atoms with van der Waals surface area (Å²) in [5, 5.41) is 0. The number of amides is 1. The van der Waals surface area contributed by atoms with Crippen LogP contribution in [-0.2, 0) is 4.74 Å². The first-order valence-corrected chi connectivity index (χ1v) is 7.27. The van der Waals surface area contributed by atoms with E-state index < -0.39 is 5.60 Å². The summed E-state index contributed by atoms with van der Waals surface area (Å²) >= 11 is 0. The summed E-state index contributed by atoms with van der Waals surface area (Å²) < 4.78 is 5.50. The maximum atomic E-state index is 12.3. The van der Waals surface area contributed by atoms with Gasteiger partial charge in [0.2, 0.25) is 0 Å². The molecule has 0 unspecified atom stereocenters. The van der Waals surface area contributed by atoms with E-state index in [9.17, 15) is 4.79 Å². The van der Waals surface area contributed by atoms with Gasteiger partial charge in [-0.3, -0.25) is 0 Å². The van der Waals surface area contributed by atoms with Gasteiger partial charge in [-0.1, -0.05) is 20.8 Å². The number of piperidine rings is 1. The van der Waals surface area contributed by atoms with Gasteiger partial charge in [0.25, 0.3) is 0 Å². The monoisotopic (exact) mass is 270 g/mol. The molecule has 112 valence electrons. The predicted molar refractivity (Wildman–Crippen MR) is 78.0 cm³/mol. The number of nitrogens with zero attached hydrogens (tertiary/aromatic N) is 1. The van der Waals surface area contributed by atoms with Gasteiger partial charge in [0, 0.05) is 12.6 Å². The second-order valence-corrected chi connectivity index (χ2v) is 7.63. The summed E-state index contributed by atoms with van der Waals surface area (Å²) in [4.78, 5) is 14.1. The molecule has 0 bridgehead atoms. The quantitative estimate of drug-likeness (QED) is 0.796. The first-order chi connectivity index (χ1) is 8.52. The standard InChI is InChI=1S/C15H30N2O2/c1-14(2,3)12(16)11-9-7-8-10-17(11)13(18)19-15(4,5)6/h11-12H,7-10,16H2,1-6H3/t11-,12+/m1/s1. The molecule has 1 rings (SSSR count). The van der Waals surface area contributed by atoms with Crippen molar-refractivity contribution in [1.29, 1.82) is 0 Å². The van der Waals surface area contributed by atoms with Crippen molar-refractivity contribution < 1.29 is 9.53 Å². The predicted octanol–water partition coefficient (Wildman–Crippen LogP) is 3.15. The van der Waals surface area contributed by atoms with E-state index in [1.165, 1.54) is 0 Å². The molecule has 4 nitrogen and oxygen atoms in total. The van der Waals surface area contributed by atoms with Crippen LogP contribution in [0.15, 0.2) is 0 Å². The third kappa shape index (κ3) is 4.68. The summed E-state index contributed by atoms with van der Waals surface area (Å²) in [6, 6.07) is 0.0592. The summed E-state index contributed by atoms with van der Waals surface area (Å²) in [5.41, 5.74) is 5.90. The Morgan fingerprint density at radius 2 is 1.79 bits per heavy atom. The Balaban J connectivity index is 2.81. The van der Waals surface area contributed by atoms with Crippen LogP contribution in [0.5, 0.6) is 0 Å². The fourth-order valence-electron chi connectivity index (χ4n) is 2.46. The first-order valence-electron chi connectivity index (χ1n) is 7.27. The van der Waals surface area contributed by atoms with E-state index in [0.29, 0.717) is 0 Å². The van der Waals surface area contributed by atoms with E-state index >= 15 is 0 Å². The molecule has 0 aliphatic carbocycles. The lowest BCUT2D eigenvalue weighted by atomic mass is 9.79. The molecule has 2 N–H and O–H groups in total. The molecule has 1 aliphatic heterocycles. The van der Waals surface area contributed by atoms with Crippen molar-refractivity contribution in [2.75, 3.05) is 6.54 Å². The smallest absolute Gasteiger partial charge is 0.410 e. The zero-order valence-corrected chi connectivity index (χ0v) is 13.3. The van der Waals surface area contributed by atoms with Crippen LogP contribution in [0.25, 0.3) is 0 Å². The highest BCUT2D eigenvalue weighted by Gasteiger charge is 2.38. The zero-order chi connectivity index (χ0) is 14.8. The van der Waals surface area contributed by atoms with Crippen molar-refractivity contribution in [3.63, 3.8) is 0 Å². The Bertz CT molecular complexity index is 315. The largest absolute Gasteiger partial charge is 0.444 e. The Labute approximate surface area is 117 Å². The third-order valence-electron chi connectivity index (χ3n) is 3.59. The van der Waals surface area contributed by atoms with Gasteiger partial charge in [-0.15, -0.1) is 0 Å². The van der Waals surface area contributed by atoms with Gasteiger partial charge in [-0.05, 0) is 45.4 Å². The highest BCUT2D eigenvalue weighted by Crippen LogP contribution is 2.29. The second-order valence-electron chi connectivity index (χ2n) is 7.63. The van der Waals surface area contributed by atoms with Gasteiger partial charge in [0.05, 0.1) is 6.04 Å². The highest BCUT2D eigenvalue weighted by atomic mass is 16.6. The van der Waals surface area contributed by atoms with Crippen LogP contribution in [0, 0.1) is 5.41 Å². The van der Waals surface area contributed by atoms with Crippen LogP contribution in [0.1, 0.15) is 60.8 Å². The molecule has 1 aliphatic rings. The average molecular weight is 270 g/mol. The van der Waals surface area contributed by atoms with Crippen molar-refractivity contribution in [3.05, 3.63) is 0 Å². The Morgan fingerprint density at radius 1 is 1.21 bits per heavy atom. The molecule has 1 amide bonds. The number of carbonyl (C=O) groups excluding carboxylic acids is 1. The number of hydrogen-bond acceptors (Lipinski definition) is 3. The lowest BCUT2D eigenvalue weighted by molar-refractivity contribution is 0.000814. The minimum absolute atomic E-state index is 0.0116. The van der Waals surface area contributed by atoms with E-state index in [1.807, 2.05) is 25.7 Å². The maximum Gasteiger partial charge on any atom is 0.410 e. The van der Waals surface area contributed by atoms with Crippen LogP contribution in [0.4, 0.5) is 4.79 Å². The van der Waals surface area contributed by atoms with E-state index in [2.05, 4.69) is 20.8 Å². The molecule has 19 heavy (non-hydrogen) atoms. The van der Waals surface area contributed by atoms with Crippen LogP contribution in [0.2, 0.25) is 0 Å². The van der Waals surface area contributed by atoms with Crippen LogP contribution in [0.3, 0.4) is 0 Å². The van der Waals surface area contributed by atoms with Gasteiger partial charge in [-0.2, -0.15) is 0 Å². The molecule has 0 aromatic carbocycles. The molecule has 0 aromatic heterocycles. The topological polar surface area (TPSA) is 55.6 Å². The lowest BCUT2D eigenvalue weighted by Gasteiger charge is -2.43. The number of carbonyl (C=O) groups is 1. The normalized spacial score (nSPS) is 23.1. The number of hydrogen-bond donors (Lipinski definition) is 1. The Morgan fingerprint density at radius 3 is 2.26 bits per heavy atom. The van der Waals surface area contributed by atoms with E-state index in [-0.39, 0.29) is 23.6 Å². The van der Waals surface area contributed by atoms with E-state index in [1.54, 1.807) is 0 Å². The Kier molecular flexibility index (Phi) is 4.88. The minimum Gasteiger partial charge on any atom is -0.444 e. The van der Waals surface area contributed by atoms with E-state index in [0.717, 1.165) is 25.8 Å². The molecule has 0 aromatic rings. The fourth-order valence-corrected chi connectivity index (χ4v) is 2.46. The maximum absolute atomic E-state index is 12.3. The molecule has 0 saturated carbocycles. The van der Waals surface area contributed by atoms with Crippen LogP contribution in [-0.4, -0.2) is 35.2 Å². The van der Waals surface area contributed by atoms with Crippen molar-refractivity contribution in [2.24, 2.45) is 11.1 Å². The van der Waals surface area contributed by atoms with Gasteiger partial charge in [-0.25, -0.2) is 4.79 Å². The average Bonchev–Trinajstić information content (AvgIpc) is 2.24. The van der Waals surface area contributed by atoms with E-state index in [4.69, 9.17) is 10.5 Å². The van der Waals surface area contributed by atoms with Gasteiger partial charge >= 0.3 is 6.09 Å². The van der Waals surface area contributed by atoms with Crippen molar-refractivity contribution >= 4 is 6.09 Å². The zero-order valence-electron chi connectivity index (χ0n) is 13.3. The van der Waals surface area contributed by atoms with Crippen molar-refractivity contribution in [2.45, 2.75) is 78.5 Å². The molecule has 4 heteroatoms. The minimum atomic E-state index is -0.453. The molecule has 1 fully saturated rings. The highest BCUT2D eigenvalue weighted by molar-refractivity contribution is 5.68. The number of likely N-dealkylation sites (tertiary alicyclic amines) is 1. The van der Waals surface area contributed by atoms with Crippen molar-refractivity contribution in [1.82, 2.24) is 4.90 Å². The number of ether oxygens (including phenoxy) is 1. The number of nitrogens with two attached hydrogens (primary N) is 1. The van der Waals surface area contributed by atoms with Gasteiger partial charge in [0.15, 0.2) is 0 Å². The molecular weight excluding hydrogens is 240 g/mol. The second kappa shape index (κ2) is 5.70. The molecule has 0 spiro atoms. The molecule has 1 heterocycles. The van der Waals surface area contributed by atoms with Gasteiger partial charge in [0.1, 0.15) is 5.60 Å². The fraction of sp³-hybridized carbons (Fsp3) is 0.933. The van der Waals surface area contributed by atoms with Crippen LogP contribution < -0.4 is 5.73 Å². The number of rotatable bonds is 1. The molecule has 2 atom stereocenters. The summed E-state index contributed by atoms with van der Waals surface area (Å²) in [6.45, 7) is 12.8. The lowest BCUT2D eigenvalue weighted by Crippen LogP contribution is -2.57. The SMILES string of the molecule is CC(C)(C)OC(=O)N1CCCC[C@@H]1[C@H](N)C(C)(C)C. The summed E-state index contributed by atoms with van der Waals surface area (Å²) in [5.74, 6) is 0. The first kappa shape index (κ1) is 16.3. The summed E-state index contributed by atoms with van der Waals surface area (Å²) in [7, 11) is 0. The molecule has 0 radical (unpaired) electrons. The summed E-state index contributed by atoms with van der Waals surface area (Å²) in [6.07, 6.45) is 2.91. The van der Waals surface area contributed by atoms with Gasteiger partial charge < -0.3 is 15.4 Å². The molecular formula is C15H30N2O2. The molecule has 1 saturated heterocycles. The van der Waals surface area contributed by atoms with Crippen LogP contribution >= 0.6 is 0 Å². The Hall–Kier alpha value is -0.770. The third-order valence-corrected chi connectivity index (χ3v) is 3.59.